The van der Waals surface area contributed by atoms with Crippen molar-refractivity contribution < 1.29 is 18.7 Å². The third-order valence-electron chi connectivity index (χ3n) is 6.80. The summed E-state index contributed by atoms with van der Waals surface area (Å²) in [5, 5.41) is 8.20. The number of hydrogen-bond donors (Lipinski definition) is 1. The molecule has 1 amide bonds. The van der Waals surface area contributed by atoms with Crippen molar-refractivity contribution in [1.82, 2.24) is 14.3 Å². The number of pyridine rings is 1. The molecule has 3 aromatic rings. The van der Waals surface area contributed by atoms with E-state index in [2.05, 4.69) is 5.32 Å². The molecule has 0 radical (unpaired) electrons. The molecule has 2 aromatic heterocycles. The normalized spacial score (nSPS) is 23.9. The summed E-state index contributed by atoms with van der Waals surface area (Å²) in [4.78, 5) is 37.1. The van der Waals surface area contributed by atoms with E-state index in [1.165, 1.54) is 10.6 Å². The molecule has 35 heavy (non-hydrogen) atoms. The van der Waals surface area contributed by atoms with E-state index in [9.17, 15) is 18.8 Å². The van der Waals surface area contributed by atoms with Crippen LogP contribution in [0.2, 0.25) is 0 Å². The second-order valence-electron chi connectivity index (χ2n) is 9.80. The molecule has 1 aromatic carbocycles. The van der Waals surface area contributed by atoms with Crippen LogP contribution in [0.4, 0.5) is 10.1 Å². The third kappa shape index (κ3) is 4.72. The Balaban J connectivity index is 1.45. The van der Waals surface area contributed by atoms with E-state index in [0.717, 1.165) is 37.4 Å². The Bertz CT molecular complexity index is 1320. The number of ether oxygens (including phenoxy) is 1. The Kier molecular flexibility index (Phi) is 6.17. The van der Waals surface area contributed by atoms with Crippen molar-refractivity contribution in [2.75, 3.05) is 5.32 Å². The zero-order valence-corrected chi connectivity index (χ0v) is 19.8. The topological polar surface area (TPSA) is 95.2 Å². The average Bonchev–Trinajstić information content (AvgIpc) is 3.41. The van der Waals surface area contributed by atoms with Gasteiger partial charge in [0.05, 0.1) is 29.3 Å². The molecule has 2 aliphatic carbocycles. The van der Waals surface area contributed by atoms with Crippen LogP contribution in [0.25, 0.3) is 10.9 Å². The molecule has 0 bridgehead atoms. The van der Waals surface area contributed by atoms with Crippen LogP contribution >= 0.6 is 0 Å². The van der Waals surface area contributed by atoms with E-state index in [-0.39, 0.29) is 23.8 Å². The Morgan fingerprint density at radius 2 is 2.00 bits per heavy atom. The molecule has 0 saturated heterocycles. The summed E-state index contributed by atoms with van der Waals surface area (Å²) in [6.45, 7) is 3.74. The molecule has 0 aliphatic heterocycles. The fraction of sp³-hybridized carbons (Fsp3) is 0.462. The molecule has 8 nitrogen and oxygen atoms in total. The molecule has 0 spiro atoms. The van der Waals surface area contributed by atoms with Crippen molar-refractivity contribution in [2.45, 2.75) is 70.3 Å². The molecular formula is C26H29FN4O4. The van der Waals surface area contributed by atoms with Crippen molar-refractivity contribution in [3.63, 3.8) is 0 Å². The number of anilines is 1. The number of nitrogens with zero attached hydrogens (tertiary/aromatic N) is 3. The number of rotatable bonds is 7. The van der Waals surface area contributed by atoms with E-state index in [0.29, 0.717) is 23.3 Å². The predicted molar refractivity (Wildman–Crippen MR) is 130 cm³/mol. The van der Waals surface area contributed by atoms with Crippen molar-refractivity contribution in [2.24, 2.45) is 5.92 Å². The SMILES string of the molecule is CC(C)Oc1cc2nn(C3CCC(C=O)CC3)cc2cc1C(=O)Nc1cccn([C@H]2C[C@H]2F)c1=O. The predicted octanol–water partition coefficient (Wildman–Crippen LogP) is 4.45. The smallest absolute Gasteiger partial charge is 0.274 e. The second-order valence-corrected chi connectivity index (χ2v) is 9.80. The fourth-order valence-corrected chi connectivity index (χ4v) is 4.79. The number of benzene rings is 1. The third-order valence-corrected chi connectivity index (χ3v) is 6.80. The van der Waals surface area contributed by atoms with Gasteiger partial charge in [0.1, 0.15) is 23.9 Å². The number of aldehydes is 1. The fourth-order valence-electron chi connectivity index (χ4n) is 4.79. The molecule has 1 N–H and O–H groups in total. The minimum absolute atomic E-state index is 0.0924. The van der Waals surface area contributed by atoms with Crippen LogP contribution in [0.15, 0.2) is 41.5 Å². The average molecular weight is 481 g/mol. The van der Waals surface area contributed by atoms with Crippen molar-refractivity contribution >= 4 is 28.8 Å². The summed E-state index contributed by atoms with van der Waals surface area (Å²) in [5.41, 5.74) is 0.659. The summed E-state index contributed by atoms with van der Waals surface area (Å²) in [6.07, 6.45) is 7.04. The van der Waals surface area contributed by atoms with E-state index >= 15 is 0 Å². The van der Waals surface area contributed by atoms with Gasteiger partial charge in [0.25, 0.3) is 11.5 Å². The lowest BCUT2D eigenvalue weighted by Crippen LogP contribution is -2.26. The highest BCUT2D eigenvalue weighted by Gasteiger charge is 2.40. The molecule has 2 saturated carbocycles. The highest BCUT2D eigenvalue weighted by molar-refractivity contribution is 6.08. The van der Waals surface area contributed by atoms with Crippen LogP contribution in [0.5, 0.6) is 5.75 Å². The van der Waals surface area contributed by atoms with Crippen LogP contribution in [0, 0.1) is 5.92 Å². The summed E-state index contributed by atoms with van der Waals surface area (Å²) < 4.78 is 22.7. The quantitative estimate of drug-likeness (QED) is 0.504. The van der Waals surface area contributed by atoms with E-state index in [1.54, 1.807) is 24.4 Å². The number of fused-ring (bicyclic) bond motifs is 1. The number of hydrogen-bond acceptors (Lipinski definition) is 5. The summed E-state index contributed by atoms with van der Waals surface area (Å²) >= 11 is 0. The minimum atomic E-state index is -1.03. The lowest BCUT2D eigenvalue weighted by molar-refractivity contribution is -0.112. The second kappa shape index (κ2) is 9.28. The maximum absolute atomic E-state index is 13.5. The number of halogens is 1. The first-order valence-electron chi connectivity index (χ1n) is 12.2. The van der Waals surface area contributed by atoms with Gasteiger partial charge in [-0.1, -0.05) is 0 Å². The lowest BCUT2D eigenvalue weighted by Gasteiger charge is -2.25. The summed E-state index contributed by atoms with van der Waals surface area (Å²) in [5.74, 6) is 0.0160. The Labute approximate surface area is 202 Å². The van der Waals surface area contributed by atoms with Crippen LogP contribution in [-0.2, 0) is 4.79 Å². The van der Waals surface area contributed by atoms with Gasteiger partial charge in [-0.25, -0.2) is 4.39 Å². The maximum atomic E-state index is 13.5. The van der Waals surface area contributed by atoms with Gasteiger partial charge in [0.15, 0.2) is 0 Å². The Hall–Kier alpha value is -3.49. The molecule has 2 heterocycles. The number of nitrogens with one attached hydrogen (secondary N) is 1. The van der Waals surface area contributed by atoms with Crippen molar-refractivity contribution in [3.05, 3.63) is 52.6 Å². The van der Waals surface area contributed by atoms with Gasteiger partial charge < -0.3 is 19.4 Å². The molecule has 2 fully saturated rings. The highest BCUT2D eigenvalue weighted by Crippen LogP contribution is 2.38. The van der Waals surface area contributed by atoms with E-state index in [1.807, 2.05) is 24.7 Å². The van der Waals surface area contributed by atoms with Gasteiger partial charge in [-0.15, -0.1) is 0 Å². The van der Waals surface area contributed by atoms with Crippen LogP contribution in [0.3, 0.4) is 0 Å². The first-order valence-corrected chi connectivity index (χ1v) is 12.2. The maximum Gasteiger partial charge on any atom is 0.274 e. The Morgan fingerprint density at radius 3 is 2.66 bits per heavy atom. The number of carbonyl (C=O) groups is 2. The lowest BCUT2D eigenvalue weighted by atomic mass is 9.87. The van der Waals surface area contributed by atoms with Gasteiger partial charge in [-0.2, -0.15) is 5.10 Å². The van der Waals surface area contributed by atoms with Gasteiger partial charge in [0.2, 0.25) is 0 Å². The molecule has 5 rings (SSSR count). The zero-order valence-electron chi connectivity index (χ0n) is 19.8. The molecule has 2 atom stereocenters. The molecule has 2 aliphatic rings. The first-order chi connectivity index (χ1) is 16.8. The van der Waals surface area contributed by atoms with Gasteiger partial charge in [0, 0.05) is 36.2 Å². The number of amides is 1. The van der Waals surface area contributed by atoms with Crippen LogP contribution in [0.1, 0.15) is 68.4 Å². The zero-order chi connectivity index (χ0) is 24.7. The van der Waals surface area contributed by atoms with Crippen molar-refractivity contribution in [1.29, 1.82) is 0 Å². The molecular weight excluding hydrogens is 451 g/mol. The van der Waals surface area contributed by atoms with Crippen LogP contribution in [-0.4, -0.2) is 38.8 Å². The molecule has 9 heteroatoms. The van der Waals surface area contributed by atoms with Gasteiger partial charge in [-0.3, -0.25) is 14.3 Å². The first kappa shape index (κ1) is 23.3. The van der Waals surface area contributed by atoms with Gasteiger partial charge in [-0.05, 0) is 57.7 Å². The summed E-state index contributed by atoms with van der Waals surface area (Å²) in [7, 11) is 0. The number of alkyl halides is 1. The largest absolute Gasteiger partial charge is 0.490 e. The molecule has 184 valence electrons. The van der Waals surface area contributed by atoms with E-state index in [4.69, 9.17) is 9.84 Å². The summed E-state index contributed by atoms with van der Waals surface area (Å²) in [6, 6.07) is 6.35. The number of aromatic nitrogens is 3. The minimum Gasteiger partial charge on any atom is -0.490 e. The number of carbonyl (C=O) groups excluding carboxylic acids is 2. The van der Waals surface area contributed by atoms with Gasteiger partial charge >= 0.3 is 0 Å². The van der Waals surface area contributed by atoms with E-state index < -0.39 is 23.7 Å². The molecule has 0 unspecified atom stereocenters. The highest BCUT2D eigenvalue weighted by atomic mass is 19.1. The Morgan fingerprint density at radius 1 is 1.26 bits per heavy atom. The monoisotopic (exact) mass is 480 g/mol. The van der Waals surface area contributed by atoms with Crippen molar-refractivity contribution in [3.8, 4) is 5.75 Å². The standard InChI is InChI=1S/C26H29FN4O4/c1-15(2)35-24-12-22-17(13-31(29-22)18-7-5-16(14-32)6-8-18)10-19(24)25(33)28-21-4-3-9-30(26(21)34)23-11-20(23)27/h3-4,9-10,12-16,18,20,23H,5-8,11H2,1-2H3,(H,28,33)/t16?,18?,20-,23+/m1/s1. The van der Waals surface area contributed by atoms with Crippen LogP contribution < -0.4 is 15.6 Å².